The van der Waals surface area contributed by atoms with E-state index >= 15 is 0 Å². The maximum Gasteiger partial charge on any atom is 0.213 e. The third-order valence-corrected chi connectivity index (χ3v) is 7.42. The van der Waals surface area contributed by atoms with Crippen molar-refractivity contribution in [2.45, 2.75) is 46.3 Å². The van der Waals surface area contributed by atoms with E-state index in [-0.39, 0.29) is 23.6 Å². The van der Waals surface area contributed by atoms with Crippen molar-refractivity contribution < 1.29 is 28.1 Å². The lowest BCUT2D eigenvalue weighted by atomic mass is 9.81. The summed E-state index contributed by atoms with van der Waals surface area (Å²) in [6.07, 6.45) is 1.06. The molecule has 37 heavy (non-hydrogen) atoms. The maximum atomic E-state index is 14.9. The molecule has 1 aromatic heterocycles. The molecule has 0 saturated carbocycles. The highest BCUT2D eigenvalue weighted by molar-refractivity contribution is 7.57. The second kappa shape index (κ2) is 11.8. The highest BCUT2D eigenvalue weighted by Gasteiger charge is 2.29. The zero-order chi connectivity index (χ0) is 27.4. The Morgan fingerprint density at radius 1 is 1.08 bits per heavy atom. The van der Waals surface area contributed by atoms with Gasteiger partial charge >= 0.3 is 0 Å². The first kappa shape index (κ1) is 28.8. The van der Waals surface area contributed by atoms with Crippen LogP contribution in [0.5, 0.6) is 11.6 Å². The normalized spacial score (nSPS) is 15.1. The molecule has 0 bridgehead atoms. The molecule has 0 amide bonds. The van der Waals surface area contributed by atoms with E-state index in [9.17, 15) is 13.8 Å². The SMILES string of the molecule is COc1cc(-c2ccc(COc3cccc(C(C)CP(C)(=O)O)c3)cc2[C@@H](OC)C(C)(C)C)c(F)cn1. The number of methoxy groups -OCH3 is 2. The summed E-state index contributed by atoms with van der Waals surface area (Å²) in [6.45, 7) is 9.83. The van der Waals surface area contributed by atoms with E-state index in [0.717, 1.165) is 22.9 Å². The van der Waals surface area contributed by atoms with Crippen LogP contribution in [0.1, 0.15) is 56.4 Å². The van der Waals surface area contributed by atoms with Gasteiger partial charge in [0.2, 0.25) is 5.88 Å². The van der Waals surface area contributed by atoms with Gasteiger partial charge in [-0.25, -0.2) is 9.37 Å². The molecule has 200 valence electrons. The molecule has 0 radical (unpaired) electrons. The number of hydrogen-bond donors (Lipinski definition) is 1. The number of halogens is 1. The molecule has 3 atom stereocenters. The quantitative estimate of drug-likeness (QED) is 0.280. The van der Waals surface area contributed by atoms with E-state index in [1.807, 2.05) is 49.4 Å². The number of nitrogens with zero attached hydrogens (tertiary/aromatic N) is 1. The monoisotopic (exact) mass is 529 g/mol. The highest BCUT2D eigenvalue weighted by Crippen LogP contribution is 2.42. The predicted octanol–water partition coefficient (Wildman–Crippen LogP) is 7.21. The second-order valence-corrected chi connectivity index (χ2v) is 13.1. The van der Waals surface area contributed by atoms with Gasteiger partial charge in [-0.1, -0.05) is 52.0 Å². The van der Waals surface area contributed by atoms with E-state index in [1.165, 1.54) is 13.8 Å². The Labute approximate surface area is 219 Å². The molecule has 6 nitrogen and oxygen atoms in total. The number of ether oxygens (including phenoxy) is 3. The summed E-state index contributed by atoms with van der Waals surface area (Å²) >= 11 is 0. The van der Waals surface area contributed by atoms with Crippen molar-refractivity contribution in [2.24, 2.45) is 5.41 Å². The van der Waals surface area contributed by atoms with Crippen LogP contribution in [-0.2, 0) is 15.9 Å². The molecule has 0 spiro atoms. The standard InChI is InChI=1S/C29H37FNO5P/c1-19(18-37(7,32)33)21-9-8-10-22(14-21)36-17-20-11-12-23(24-15-27(34-5)31-16-26(24)30)25(13-20)28(35-6)29(2,3)4/h8-16,19,28H,17-18H2,1-7H3,(H,32,33)/t19?,28-/m1/s1. The number of aromatic nitrogens is 1. The molecule has 0 fully saturated rings. The Bertz CT molecular complexity index is 1270. The van der Waals surface area contributed by atoms with E-state index < -0.39 is 13.2 Å². The van der Waals surface area contributed by atoms with Gasteiger partial charge in [0.15, 0.2) is 7.37 Å². The van der Waals surface area contributed by atoms with Crippen LogP contribution in [0.25, 0.3) is 11.1 Å². The van der Waals surface area contributed by atoms with Gasteiger partial charge in [-0.2, -0.15) is 0 Å². The molecule has 0 aliphatic rings. The van der Waals surface area contributed by atoms with Crippen LogP contribution in [0.2, 0.25) is 0 Å². The van der Waals surface area contributed by atoms with Crippen LogP contribution in [0.3, 0.4) is 0 Å². The average Bonchev–Trinajstić information content (AvgIpc) is 2.82. The first-order chi connectivity index (χ1) is 17.3. The average molecular weight is 530 g/mol. The minimum Gasteiger partial charge on any atom is -0.489 e. The van der Waals surface area contributed by atoms with Gasteiger partial charge in [0, 0.05) is 31.6 Å². The van der Waals surface area contributed by atoms with Crippen LogP contribution in [0.15, 0.2) is 54.7 Å². The Balaban J connectivity index is 1.94. The third kappa shape index (κ3) is 7.64. The smallest absolute Gasteiger partial charge is 0.213 e. The number of hydrogen-bond acceptors (Lipinski definition) is 5. The van der Waals surface area contributed by atoms with Crippen LogP contribution in [0, 0.1) is 11.2 Å². The zero-order valence-electron chi connectivity index (χ0n) is 22.6. The van der Waals surface area contributed by atoms with Gasteiger partial charge in [-0.05, 0) is 51.8 Å². The van der Waals surface area contributed by atoms with E-state index in [2.05, 4.69) is 25.8 Å². The summed E-state index contributed by atoms with van der Waals surface area (Å²) < 4.78 is 44.0. The maximum absolute atomic E-state index is 14.9. The topological polar surface area (TPSA) is 77.9 Å². The third-order valence-electron chi connectivity index (χ3n) is 6.20. The van der Waals surface area contributed by atoms with Crippen molar-refractivity contribution in [1.82, 2.24) is 4.98 Å². The van der Waals surface area contributed by atoms with Gasteiger partial charge in [0.05, 0.1) is 19.4 Å². The van der Waals surface area contributed by atoms with Gasteiger partial charge < -0.3 is 19.1 Å². The molecule has 1 N–H and O–H groups in total. The lowest BCUT2D eigenvalue weighted by Gasteiger charge is -2.32. The van der Waals surface area contributed by atoms with Crippen molar-refractivity contribution in [2.75, 3.05) is 27.0 Å². The van der Waals surface area contributed by atoms with E-state index in [0.29, 0.717) is 29.4 Å². The minimum absolute atomic E-state index is 0.0724. The fourth-order valence-electron chi connectivity index (χ4n) is 4.54. The number of pyridine rings is 1. The lowest BCUT2D eigenvalue weighted by Crippen LogP contribution is -2.21. The molecular formula is C29H37FNO5P. The Morgan fingerprint density at radius 2 is 1.81 bits per heavy atom. The van der Waals surface area contributed by atoms with Crippen molar-refractivity contribution in [1.29, 1.82) is 0 Å². The molecule has 3 rings (SSSR count). The Morgan fingerprint density at radius 3 is 2.43 bits per heavy atom. The second-order valence-electron chi connectivity index (χ2n) is 10.6. The molecule has 8 heteroatoms. The Hall–Kier alpha value is -2.73. The van der Waals surface area contributed by atoms with E-state index in [4.69, 9.17) is 14.2 Å². The zero-order valence-corrected chi connectivity index (χ0v) is 23.5. The number of rotatable bonds is 10. The van der Waals surface area contributed by atoms with Gasteiger partial charge in [-0.15, -0.1) is 0 Å². The van der Waals surface area contributed by atoms with Crippen LogP contribution >= 0.6 is 7.37 Å². The summed E-state index contributed by atoms with van der Waals surface area (Å²) in [5.74, 6) is 0.481. The summed E-state index contributed by atoms with van der Waals surface area (Å²) in [7, 11) is 0.0244. The summed E-state index contributed by atoms with van der Waals surface area (Å²) in [5.41, 5.74) is 3.52. The van der Waals surface area contributed by atoms with Gasteiger partial charge in [0.1, 0.15) is 18.2 Å². The van der Waals surface area contributed by atoms with E-state index in [1.54, 1.807) is 13.2 Å². The fraction of sp³-hybridized carbons (Fsp3) is 0.414. The summed E-state index contributed by atoms with van der Waals surface area (Å²) in [5, 5.41) is 0. The largest absolute Gasteiger partial charge is 0.489 e. The van der Waals surface area contributed by atoms with Crippen molar-refractivity contribution in [3.63, 3.8) is 0 Å². The predicted molar refractivity (Wildman–Crippen MR) is 145 cm³/mol. The molecule has 2 aromatic carbocycles. The lowest BCUT2D eigenvalue weighted by molar-refractivity contribution is 0.0155. The highest BCUT2D eigenvalue weighted by atomic mass is 31.2. The first-order valence-electron chi connectivity index (χ1n) is 12.2. The molecule has 0 aliphatic carbocycles. The van der Waals surface area contributed by atoms with Crippen molar-refractivity contribution >= 4 is 7.37 Å². The first-order valence-corrected chi connectivity index (χ1v) is 14.5. The molecule has 1 heterocycles. The molecule has 2 unspecified atom stereocenters. The molecular weight excluding hydrogens is 492 g/mol. The van der Waals surface area contributed by atoms with Crippen LogP contribution < -0.4 is 9.47 Å². The molecule has 0 aliphatic heterocycles. The minimum atomic E-state index is -3.13. The van der Waals surface area contributed by atoms with Gasteiger partial charge in [-0.3, -0.25) is 4.57 Å². The van der Waals surface area contributed by atoms with Crippen molar-refractivity contribution in [3.05, 3.63) is 77.2 Å². The fourth-order valence-corrected chi connectivity index (χ4v) is 5.77. The summed E-state index contributed by atoms with van der Waals surface area (Å²) in [6, 6.07) is 15.0. The van der Waals surface area contributed by atoms with Crippen LogP contribution in [0.4, 0.5) is 4.39 Å². The van der Waals surface area contributed by atoms with Gasteiger partial charge in [0.25, 0.3) is 0 Å². The molecule has 0 saturated heterocycles. The summed E-state index contributed by atoms with van der Waals surface area (Å²) in [4.78, 5) is 13.7. The Kier molecular flexibility index (Phi) is 9.17. The number of benzene rings is 2. The van der Waals surface area contributed by atoms with Crippen molar-refractivity contribution in [3.8, 4) is 22.8 Å². The van der Waals surface area contributed by atoms with Crippen LogP contribution in [-0.4, -0.2) is 36.9 Å². The molecule has 3 aromatic rings.